The molecule has 0 radical (unpaired) electrons. The summed E-state index contributed by atoms with van der Waals surface area (Å²) < 4.78 is 1.50. The second-order valence-corrected chi connectivity index (χ2v) is 8.51. The average Bonchev–Trinajstić information content (AvgIpc) is 3.32. The zero-order chi connectivity index (χ0) is 21.9. The van der Waals surface area contributed by atoms with E-state index in [1.807, 2.05) is 53.9 Å². The Balaban J connectivity index is 1.42. The monoisotopic (exact) mass is 439 g/mol. The van der Waals surface area contributed by atoms with Crippen molar-refractivity contribution in [2.75, 3.05) is 0 Å². The van der Waals surface area contributed by atoms with E-state index in [0.29, 0.717) is 5.39 Å². The van der Waals surface area contributed by atoms with Gasteiger partial charge in [0.15, 0.2) is 0 Å². The summed E-state index contributed by atoms with van der Waals surface area (Å²) >= 11 is 1.44. The molecule has 0 fully saturated rings. The van der Waals surface area contributed by atoms with E-state index in [0.717, 1.165) is 26.7 Å². The Morgan fingerprint density at radius 1 is 0.938 bits per heavy atom. The Morgan fingerprint density at radius 2 is 1.72 bits per heavy atom. The van der Waals surface area contributed by atoms with Crippen LogP contribution in [0.2, 0.25) is 0 Å². The van der Waals surface area contributed by atoms with Gasteiger partial charge in [0, 0.05) is 13.0 Å². The quantitative estimate of drug-likeness (QED) is 0.409. The fourth-order valence-corrected chi connectivity index (χ4v) is 4.72. The van der Waals surface area contributed by atoms with Gasteiger partial charge < -0.3 is 5.32 Å². The van der Waals surface area contributed by atoms with Crippen LogP contribution in [-0.2, 0) is 11.3 Å². The summed E-state index contributed by atoms with van der Waals surface area (Å²) in [5.41, 5.74) is 1.94. The van der Waals surface area contributed by atoms with Gasteiger partial charge in [-0.3, -0.25) is 14.2 Å². The first kappa shape index (κ1) is 20.2. The van der Waals surface area contributed by atoms with E-state index in [-0.39, 0.29) is 30.5 Å². The number of thiophene rings is 1. The number of fused-ring (bicyclic) bond motifs is 2. The fraction of sp³-hybridized carbons (Fsp3) is 0.115. The summed E-state index contributed by atoms with van der Waals surface area (Å²) in [4.78, 5) is 30.6. The second-order valence-electron chi connectivity index (χ2n) is 7.61. The highest BCUT2D eigenvalue weighted by Gasteiger charge is 2.19. The number of hydrogen-bond donors (Lipinski definition) is 1. The van der Waals surface area contributed by atoms with Crippen molar-refractivity contribution in [3.05, 3.63) is 112 Å². The van der Waals surface area contributed by atoms with Crippen molar-refractivity contribution in [3.8, 4) is 0 Å². The molecule has 5 nitrogen and oxygen atoms in total. The molecule has 2 heterocycles. The van der Waals surface area contributed by atoms with Crippen LogP contribution in [0.15, 0.2) is 95.4 Å². The lowest BCUT2D eigenvalue weighted by molar-refractivity contribution is -0.121. The summed E-state index contributed by atoms with van der Waals surface area (Å²) in [7, 11) is 0. The van der Waals surface area contributed by atoms with E-state index < -0.39 is 0 Å². The van der Waals surface area contributed by atoms with Gasteiger partial charge in [-0.2, -0.15) is 0 Å². The number of carbonyl (C=O) groups excluding carboxylic acids is 1. The molecule has 1 N–H and O–H groups in total. The molecule has 0 bridgehead atoms. The van der Waals surface area contributed by atoms with Crippen LogP contribution >= 0.6 is 11.3 Å². The van der Waals surface area contributed by atoms with E-state index >= 15 is 0 Å². The molecule has 0 aliphatic heterocycles. The molecule has 0 aliphatic carbocycles. The number of amides is 1. The van der Waals surface area contributed by atoms with Crippen molar-refractivity contribution in [1.29, 1.82) is 0 Å². The maximum Gasteiger partial charge on any atom is 0.262 e. The van der Waals surface area contributed by atoms with E-state index in [1.165, 1.54) is 22.2 Å². The third-order valence-electron chi connectivity index (χ3n) is 5.60. The first-order valence-electron chi connectivity index (χ1n) is 10.5. The minimum absolute atomic E-state index is 0.113. The number of aromatic nitrogens is 2. The van der Waals surface area contributed by atoms with E-state index in [1.54, 1.807) is 6.07 Å². The topological polar surface area (TPSA) is 64.0 Å². The van der Waals surface area contributed by atoms with Crippen LogP contribution in [0.5, 0.6) is 0 Å². The molecule has 6 heteroatoms. The van der Waals surface area contributed by atoms with Crippen LogP contribution in [-0.4, -0.2) is 15.5 Å². The van der Waals surface area contributed by atoms with Crippen molar-refractivity contribution in [2.45, 2.75) is 19.0 Å². The van der Waals surface area contributed by atoms with Gasteiger partial charge in [-0.15, -0.1) is 11.3 Å². The van der Waals surface area contributed by atoms with Crippen LogP contribution in [0.4, 0.5) is 0 Å². The normalized spacial score (nSPS) is 12.1. The minimum atomic E-state index is -0.288. The van der Waals surface area contributed by atoms with Crippen LogP contribution in [0.1, 0.15) is 23.6 Å². The Labute approximate surface area is 189 Å². The number of carbonyl (C=O) groups is 1. The lowest BCUT2D eigenvalue weighted by Gasteiger charge is -2.22. The molecular formula is C26H21N3O2S. The van der Waals surface area contributed by atoms with Gasteiger partial charge in [0.1, 0.15) is 4.83 Å². The average molecular weight is 440 g/mol. The molecule has 0 spiro atoms. The molecule has 0 saturated carbocycles. The van der Waals surface area contributed by atoms with E-state index in [4.69, 9.17) is 0 Å². The SMILES string of the molecule is O=C(CCn1cnc2sccc2c1=O)NC(c1ccccc1)c1cccc2ccccc12. The summed E-state index contributed by atoms with van der Waals surface area (Å²) in [6.07, 6.45) is 1.71. The van der Waals surface area contributed by atoms with Crippen molar-refractivity contribution >= 4 is 38.2 Å². The summed E-state index contributed by atoms with van der Waals surface area (Å²) in [5.74, 6) is -0.121. The molecule has 3 aromatic carbocycles. The minimum Gasteiger partial charge on any atom is -0.345 e. The number of nitrogens with zero attached hydrogens (tertiary/aromatic N) is 2. The number of nitrogens with one attached hydrogen (secondary N) is 1. The third-order valence-corrected chi connectivity index (χ3v) is 6.42. The second kappa shape index (κ2) is 8.77. The van der Waals surface area contributed by atoms with Crippen LogP contribution in [0.3, 0.4) is 0 Å². The highest BCUT2D eigenvalue weighted by molar-refractivity contribution is 7.16. The first-order valence-corrected chi connectivity index (χ1v) is 11.3. The largest absolute Gasteiger partial charge is 0.345 e. The van der Waals surface area contributed by atoms with Gasteiger partial charge >= 0.3 is 0 Å². The molecule has 0 saturated heterocycles. The lowest BCUT2D eigenvalue weighted by Crippen LogP contribution is -2.31. The smallest absolute Gasteiger partial charge is 0.262 e. The van der Waals surface area contributed by atoms with Crippen molar-refractivity contribution in [1.82, 2.24) is 14.9 Å². The Hall–Kier alpha value is -3.77. The van der Waals surface area contributed by atoms with Gasteiger partial charge in [0.25, 0.3) is 5.56 Å². The number of hydrogen-bond acceptors (Lipinski definition) is 4. The molecule has 0 aliphatic rings. The van der Waals surface area contributed by atoms with Gasteiger partial charge in [-0.05, 0) is 33.3 Å². The van der Waals surface area contributed by atoms with Crippen LogP contribution < -0.4 is 10.9 Å². The Kier molecular flexibility index (Phi) is 5.52. The zero-order valence-corrected chi connectivity index (χ0v) is 18.1. The standard InChI is InChI=1S/C26H21N3O2S/c30-23(13-15-29-17-27-25-22(26(29)31)14-16-32-25)28-24(19-8-2-1-3-9-19)21-12-6-10-18-7-4-5-11-20(18)21/h1-12,14,16-17,24H,13,15H2,(H,28,30). The van der Waals surface area contributed by atoms with Gasteiger partial charge in [0.2, 0.25) is 5.91 Å². The molecule has 1 amide bonds. The Bertz CT molecular complexity index is 1450. The molecule has 5 rings (SSSR count). The molecule has 158 valence electrons. The van der Waals surface area contributed by atoms with Crippen LogP contribution in [0, 0.1) is 0 Å². The zero-order valence-electron chi connectivity index (χ0n) is 17.3. The van der Waals surface area contributed by atoms with Crippen LogP contribution in [0.25, 0.3) is 21.0 Å². The molecule has 5 aromatic rings. The highest BCUT2D eigenvalue weighted by atomic mass is 32.1. The molecule has 1 unspecified atom stereocenters. The van der Waals surface area contributed by atoms with E-state index in [2.05, 4.69) is 34.6 Å². The number of benzene rings is 3. The number of rotatable bonds is 6. The van der Waals surface area contributed by atoms with Gasteiger partial charge in [-0.1, -0.05) is 72.8 Å². The predicted octanol–water partition coefficient (Wildman–Crippen LogP) is 4.91. The Morgan fingerprint density at radius 3 is 2.59 bits per heavy atom. The summed E-state index contributed by atoms with van der Waals surface area (Å²) in [5, 5.41) is 7.87. The van der Waals surface area contributed by atoms with Crippen molar-refractivity contribution in [3.63, 3.8) is 0 Å². The highest BCUT2D eigenvalue weighted by Crippen LogP contribution is 2.29. The fourth-order valence-electron chi connectivity index (χ4n) is 4.00. The van der Waals surface area contributed by atoms with Gasteiger partial charge in [-0.25, -0.2) is 4.98 Å². The maximum atomic E-state index is 13.0. The third kappa shape index (κ3) is 3.92. The summed E-state index contributed by atoms with van der Waals surface area (Å²) in [6, 6.07) is 25.7. The molecule has 32 heavy (non-hydrogen) atoms. The maximum absolute atomic E-state index is 13.0. The molecule has 2 aromatic heterocycles. The predicted molar refractivity (Wildman–Crippen MR) is 129 cm³/mol. The van der Waals surface area contributed by atoms with E-state index in [9.17, 15) is 9.59 Å². The summed E-state index contributed by atoms with van der Waals surface area (Å²) in [6.45, 7) is 0.278. The van der Waals surface area contributed by atoms with Crippen molar-refractivity contribution in [2.24, 2.45) is 0 Å². The lowest BCUT2D eigenvalue weighted by atomic mass is 9.93. The number of aryl methyl sites for hydroxylation is 1. The van der Waals surface area contributed by atoms with Crippen molar-refractivity contribution < 1.29 is 4.79 Å². The van der Waals surface area contributed by atoms with Gasteiger partial charge in [0.05, 0.1) is 17.8 Å². The molecule has 1 atom stereocenters. The first-order chi connectivity index (χ1) is 15.7. The molecular weight excluding hydrogens is 418 g/mol.